The number of carbonyl (C=O) groups is 4. The van der Waals surface area contributed by atoms with Gasteiger partial charge >= 0.3 is 11.9 Å². The van der Waals surface area contributed by atoms with Crippen LogP contribution < -0.4 is 9.47 Å². The number of esters is 2. The summed E-state index contributed by atoms with van der Waals surface area (Å²) in [5.74, 6) is -2.52. The van der Waals surface area contributed by atoms with E-state index in [0.717, 1.165) is 0 Å². The first-order valence-corrected chi connectivity index (χ1v) is 17.5. The van der Waals surface area contributed by atoms with Gasteiger partial charge in [0, 0.05) is 42.1 Å². The van der Waals surface area contributed by atoms with Crippen LogP contribution in [0.25, 0.3) is 0 Å². The zero-order chi connectivity index (χ0) is 35.5. The van der Waals surface area contributed by atoms with Gasteiger partial charge < -0.3 is 19.3 Å². The van der Waals surface area contributed by atoms with E-state index in [-0.39, 0.29) is 41.4 Å². The van der Waals surface area contributed by atoms with E-state index in [9.17, 15) is 28.7 Å². The Morgan fingerprint density at radius 1 is 1.08 bits per heavy atom. The van der Waals surface area contributed by atoms with E-state index in [1.54, 1.807) is 32.9 Å². The molecule has 0 heterocycles. The zero-order valence-corrected chi connectivity index (χ0v) is 29.0. The molecule has 12 heteroatoms. The second-order valence-electron chi connectivity index (χ2n) is 13.9. The largest absolute Gasteiger partial charge is 0.457 e. The Morgan fingerprint density at radius 3 is 2.43 bits per heavy atom. The molecule has 2 fully saturated rings. The Balaban J connectivity index is 1.29. The number of hydrogen-bond acceptors (Lipinski definition) is 9. The van der Waals surface area contributed by atoms with Crippen molar-refractivity contribution in [3.05, 3.63) is 76.9 Å². The van der Waals surface area contributed by atoms with Gasteiger partial charge in [0.05, 0.1) is 16.7 Å². The lowest BCUT2D eigenvalue weighted by atomic mass is 9.45. The molecule has 8 atom stereocenters. The van der Waals surface area contributed by atoms with Crippen LogP contribution in [0.1, 0.15) is 63.7 Å². The van der Waals surface area contributed by atoms with Crippen LogP contribution in [0.4, 0.5) is 8.78 Å². The molecule has 2 aromatic rings. The summed E-state index contributed by atoms with van der Waals surface area (Å²) in [6, 6.07) is 9.42. The number of fused-ring (bicyclic) bond motifs is 5. The number of ether oxygens (including phenoxy) is 3. The first-order chi connectivity index (χ1) is 23.1. The smallest absolute Gasteiger partial charge is 0.339 e. The molecule has 49 heavy (non-hydrogen) atoms. The van der Waals surface area contributed by atoms with Gasteiger partial charge in [0.2, 0.25) is 5.12 Å². The summed E-state index contributed by atoms with van der Waals surface area (Å²) in [5.41, 5.74) is -5.76. The van der Waals surface area contributed by atoms with Crippen LogP contribution in [0.5, 0.6) is 17.2 Å². The molecule has 6 rings (SSSR count). The van der Waals surface area contributed by atoms with Crippen molar-refractivity contribution in [1.82, 2.24) is 0 Å². The Bertz CT molecular complexity index is 1780. The topological polar surface area (TPSA) is 116 Å². The fourth-order valence-electron chi connectivity index (χ4n) is 9.07. The average Bonchev–Trinajstić information content (AvgIpc) is 3.26. The standard InChI is InChI=1S/C37H37ClF2O8S/c1-20-15-28-27-11-7-23-16-24(42)13-14-34(23,3)36(27,40)31(43)18-35(28,4)37(20,33(45)49-19-39)48-32(44)22-5-8-25(9-6-22)47-26-10-12-30(29(38)17-26)46-21(2)41/h5-10,12-14,17,20,27-28,31,43H,11,15-16,18-19H2,1-4H3/t20-,27+,28+,31+,34+,35+,36+,37+/m1/s1. The van der Waals surface area contributed by atoms with Crippen LogP contribution in [0, 0.1) is 28.6 Å². The van der Waals surface area contributed by atoms with Crippen LogP contribution in [-0.4, -0.2) is 51.3 Å². The van der Waals surface area contributed by atoms with Crippen molar-refractivity contribution >= 4 is 46.2 Å². The number of aliphatic hydroxyl groups excluding tert-OH is 1. The lowest BCUT2D eigenvalue weighted by molar-refractivity contribution is -0.211. The summed E-state index contributed by atoms with van der Waals surface area (Å²) in [6.45, 7) is 6.45. The number of alkyl halides is 2. The first kappa shape index (κ1) is 35.3. The van der Waals surface area contributed by atoms with Crippen LogP contribution in [0.2, 0.25) is 5.02 Å². The number of thioether (sulfide) groups is 1. The van der Waals surface area contributed by atoms with Crippen LogP contribution in [0.3, 0.4) is 0 Å². The van der Waals surface area contributed by atoms with Crippen LogP contribution in [-0.2, 0) is 19.1 Å². The lowest BCUT2D eigenvalue weighted by Crippen LogP contribution is -2.69. The number of allylic oxidation sites excluding steroid dienone is 4. The van der Waals surface area contributed by atoms with E-state index in [2.05, 4.69) is 0 Å². The molecular weight excluding hydrogens is 678 g/mol. The van der Waals surface area contributed by atoms with E-state index in [4.69, 9.17) is 25.8 Å². The average molecular weight is 715 g/mol. The number of rotatable bonds is 7. The molecule has 4 aliphatic rings. The zero-order valence-electron chi connectivity index (χ0n) is 27.5. The highest BCUT2D eigenvalue weighted by molar-refractivity contribution is 8.13. The highest BCUT2D eigenvalue weighted by Crippen LogP contribution is 2.71. The monoisotopic (exact) mass is 714 g/mol. The fraction of sp³-hybridized carbons (Fsp3) is 0.459. The molecule has 0 amide bonds. The van der Waals surface area contributed by atoms with Crippen molar-refractivity contribution in [2.45, 2.75) is 70.8 Å². The van der Waals surface area contributed by atoms with Crippen molar-refractivity contribution in [2.75, 3.05) is 6.01 Å². The molecular formula is C37H37ClF2O8S. The third kappa shape index (κ3) is 5.43. The van der Waals surface area contributed by atoms with Gasteiger partial charge in [-0.25, -0.2) is 13.6 Å². The molecule has 260 valence electrons. The molecule has 0 radical (unpaired) electrons. The Labute approximate surface area is 292 Å². The lowest BCUT2D eigenvalue weighted by Gasteiger charge is -2.62. The molecule has 2 saturated carbocycles. The van der Waals surface area contributed by atoms with Gasteiger partial charge in [0.25, 0.3) is 0 Å². The SMILES string of the molecule is CC(=O)Oc1ccc(Oc2ccc(C(=O)O[C@]3(C(=O)SCF)[C@H](C)C[C@H]4[C@@H]5CC=C6CC(=O)C=C[C@]6(C)[C@@]5(F)[C@@H](O)C[C@@]43C)cc2)cc1Cl. The Hall–Kier alpha value is -3.54. The first-order valence-electron chi connectivity index (χ1n) is 16.1. The molecule has 0 spiro atoms. The van der Waals surface area contributed by atoms with Gasteiger partial charge in [-0.1, -0.05) is 43.2 Å². The van der Waals surface area contributed by atoms with Crippen molar-refractivity contribution < 1.29 is 47.3 Å². The fourth-order valence-corrected chi connectivity index (χ4v) is 10.1. The molecule has 0 aromatic heterocycles. The van der Waals surface area contributed by atoms with E-state index in [1.165, 1.54) is 49.4 Å². The van der Waals surface area contributed by atoms with Crippen molar-refractivity contribution in [3.63, 3.8) is 0 Å². The minimum absolute atomic E-state index is 0.0730. The minimum Gasteiger partial charge on any atom is -0.457 e. The molecule has 2 aromatic carbocycles. The summed E-state index contributed by atoms with van der Waals surface area (Å²) in [4.78, 5) is 51.3. The third-order valence-electron chi connectivity index (χ3n) is 11.4. The second-order valence-corrected chi connectivity index (χ2v) is 15.2. The van der Waals surface area contributed by atoms with Gasteiger partial charge in [0.1, 0.15) is 23.3 Å². The summed E-state index contributed by atoms with van der Waals surface area (Å²) >= 11 is 6.59. The highest BCUT2D eigenvalue weighted by atomic mass is 35.5. The maximum absolute atomic E-state index is 17.7. The summed E-state index contributed by atoms with van der Waals surface area (Å²) in [5, 5.41) is 11.2. The number of hydrogen-bond donors (Lipinski definition) is 1. The molecule has 0 aliphatic heterocycles. The summed E-state index contributed by atoms with van der Waals surface area (Å²) in [7, 11) is 0. The van der Waals surface area contributed by atoms with Gasteiger partial charge in [-0.15, -0.1) is 0 Å². The van der Waals surface area contributed by atoms with E-state index < -0.39 is 69.0 Å². The van der Waals surface area contributed by atoms with Crippen molar-refractivity contribution in [2.24, 2.45) is 28.6 Å². The van der Waals surface area contributed by atoms with Crippen LogP contribution >= 0.6 is 23.4 Å². The summed E-state index contributed by atoms with van der Waals surface area (Å²) < 4.78 is 48.6. The maximum Gasteiger partial charge on any atom is 0.339 e. The summed E-state index contributed by atoms with van der Waals surface area (Å²) in [6.07, 6.45) is 3.64. The normalized spacial score (nSPS) is 34.6. The minimum atomic E-state index is -2.14. The Morgan fingerprint density at radius 2 is 1.78 bits per heavy atom. The molecule has 1 N–H and O–H groups in total. The van der Waals surface area contributed by atoms with Crippen molar-refractivity contribution in [1.29, 1.82) is 0 Å². The number of halogens is 3. The second kappa shape index (κ2) is 12.7. The van der Waals surface area contributed by atoms with Gasteiger partial charge in [-0.3, -0.25) is 14.4 Å². The Kier molecular flexibility index (Phi) is 9.11. The number of carbonyl (C=O) groups excluding carboxylic acids is 4. The molecule has 0 unspecified atom stereocenters. The molecule has 0 bridgehead atoms. The molecule has 8 nitrogen and oxygen atoms in total. The van der Waals surface area contributed by atoms with E-state index in [0.29, 0.717) is 35.3 Å². The number of ketones is 1. The highest BCUT2D eigenvalue weighted by Gasteiger charge is 2.77. The maximum atomic E-state index is 17.7. The van der Waals surface area contributed by atoms with Crippen LogP contribution in [0.15, 0.2) is 66.3 Å². The van der Waals surface area contributed by atoms with Gasteiger partial charge in [0.15, 0.2) is 17.1 Å². The number of aliphatic hydroxyl groups is 1. The van der Waals surface area contributed by atoms with Gasteiger partial charge in [-0.2, -0.15) is 0 Å². The molecule has 4 aliphatic carbocycles. The quantitative estimate of drug-likeness (QED) is 0.175. The predicted octanol–water partition coefficient (Wildman–Crippen LogP) is 7.76. The molecule has 0 saturated heterocycles. The van der Waals surface area contributed by atoms with Crippen molar-refractivity contribution in [3.8, 4) is 17.2 Å². The van der Waals surface area contributed by atoms with E-state index >= 15 is 4.39 Å². The van der Waals surface area contributed by atoms with E-state index in [1.807, 2.05) is 6.08 Å². The predicted molar refractivity (Wildman–Crippen MR) is 179 cm³/mol. The number of benzene rings is 2. The van der Waals surface area contributed by atoms with Gasteiger partial charge in [-0.05, 0) is 86.3 Å². The third-order valence-corrected chi connectivity index (χ3v) is 12.3.